The number of nitrogens with one attached hydrogen (secondary N) is 2. The number of alkyl carbamates (subject to hydrolysis) is 1. The van der Waals surface area contributed by atoms with Gasteiger partial charge in [0, 0.05) is 37.4 Å². The van der Waals surface area contributed by atoms with E-state index < -0.39 is 26.1 Å². The van der Waals surface area contributed by atoms with E-state index in [0.29, 0.717) is 50.6 Å². The Morgan fingerprint density at radius 1 is 0.977 bits per heavy atom. The highest BCUT2D eigenvalue weighted by Crippen LogP contribution is 2.36. The van der Waals surface area contributed by atoms with Crippen LogP contribution in [0.5, 0.6) is 0 Å². The number of amides is 3. The van der Waals surface area contributed by atoms with Gasteiger partial charge in [-0.2, -0.15) is 0 Å². The Balaban J connectivity index is 1.62. The second-order valence-electron chi connectivity index (χ2n) is 14.8. The summed E-state index contributed by atoms with van der Waals surface area (Å²) >= 11 is 1.44. The number of piperazine rings is 1. The largest absolute Gasteiger partial charge is 0.444 e. The van der Waals surface area contributed by atoms with Gasteiger partial charge in [0.05, 0.1) is 17.5 Å². The van der Waals surface area contributed by atoms with Gasteiger partial charge in [0.1, 0.15) is 11.6 Å². The van der Waals surface area contributed by atoms with E-state index in [0.717, 1.165) is 10.1 Å². The van der Waals surface area contributed by atoms with Crippen molar-refractivity contribution in [3.05, 3.63) is 35.2 Å². The topological polar surface area (TPSA) is 100 Å². The van der Waals surface area contributed by atoms with Gasteiger partial charge in [-0.3, -0.25) is 14.5 Å². The smallest absolute Gasteiger partial charge is 0.407 e. The molecule has 0 bridgehead atoms. The maximum atomic E-state index is 13.7. The summed E-state index contributed by atoms with van der Waals surface area (Å²) in [7, 11) is -2.03. The number of thiophene rings is 1. The van der Waals surface area contributed by atoms with Crippen molar-refractivity contribution in [2.45, 2.75) is 97.6 Å². The Kier molecular flexibility index (Phi) is 12.1. The quantitative estimate of drug-likeness (QED) is 0.286. The first-order valence-corrected chi connectivity index (χ1v) is 19.5. The lowest BCUT2D eigenvalue weighted by Gasteiger charge is -2.40. The molecule has 0 unspecified atom stereocenters. The summed E-state index contributed by atoms with van der Waals surface area (Å²) in [5.41, 5.74) is -0.597. The normalized spacial score (nSPS) is 16.6. The zero-order valence-electron chi connectivity index (χ0n) is 28.4. The van der Waals surface area contributed by atoms with E-state index in [1.807, 2.05) is 56.0 Å². The molecule has 3 amide bonds. The highest BCUT2D eigenvalue weighted by molar-refractivity contribution is 7.20. The van der Waals surface area contributed by atoms with E-state index in [2.05, 4.69) is 63.2 Å². The number of rotatable bonds is 11. The number of ether oxygens (including phenoxy) is 1. The summed E-state index contributed by atoms with van der Waals surface area (Å²) < 4.78 is 13.1. The van der Waals surface area contributed by atoms with Gasteiger partial charge in [0.25, 0.3) is 5.91 Å². The van der Waals surface area contributed by atoms with Crippen LogP contribution in [0.25, 0.3) is 10.1 Å². The summed E-state index contributed by atoms with van der Waals surface area (Å²) in [5.74, 6) is -0.00680. The van der Waals surface area contributed by atoms with Gasteiger partial charge < -0.3 is 24.7 Å². The van der Waals surface area contributed by atoms with Crippen molar-refractivity contribution >= 4 is 47.6 Å². The van der Waals surface area contributed by atoms with Gasteiger partial charge in [-0.15, -0.1) is 11.3 Å². The molecule has 0 spiro atoms. The summed E-state index contributed by atoms with van der Waals surface area (Å²) in [6, 6.07) is 8.96. The van der Waals surface area contributed by atoms with Crippen molar-refractivity contribution in [1.29, 1.82) is 0 Å². The molecule has 2 heterocycles. The van der Waals surface area contributed by atoms with Crippen LogP contribution in [0.1, 0.15) is 71.5 Å². The van der Waals surface area contributed by atoms with E-state index in [-0.39, 0.29) is 28.8 Å². The predicted octanol–water partition coefficient (Wildman–Crippen LogP) is 6.11. The number of fused-ring (bicyclic) bond motifs is 1. The Labute approximate surface area is 269 Å². The molecule has 0 saturated carbocycles. The SMILES string of the molecule is CC(C)C[C@H](NC(=O)c1cc2ccccc2s1)C(=O)N1CCN(C[C@H](CO[Si](C)(C)C(C)(C)C)NC(=O)OC(C)(C)C)CC1. The Morgan fingerprint density at radius 3 is 2.18 bits per heavy atom. The van der Waals surface area contributed by atoms with Crippen LogP contribution >= 0.6 is 11.3 Å². The molecule has 1 aliphatic heterocycles. The van der Waals surface area contributed by atoms with Gasteiger partial charge in [0.2, 0.25) is 5.91 Å². The van der Waals surface area contributed by atoms with Crippen LogP contribution < -0.4 is 10.6 Å². The summed E-state index contributed by atoms with van der Waals surface area (Å²) in [4.78, 5) is 44.3. The lowest BCUT2D eigenvalue weighted by atomic mass is 10.0. The average molecular weight is 647 g/mol. The second kappa shape index (κ2) is 14.7. The Morgan fingerprint density at radius 2 is 1.61 bits per heavy atom. The maximum absolute atomic E-state index is 13.7. The zero-order valence-corrected chi connectivity index (χ0v) is 30.2. The molecular weight excluding hydrogens is 593 g/mol. The molecule has 1 saturated heterocycles. The van der Waals surface area contributed by atoms with Crippen molar-refractivity contribution in [3.63, 3.8) is 0 Å². The van der Waals surface area contributed by atoms with E-state index in [1.165, 1.54) is 11.3 Å². The van der Waals surface area contributed by atoms with Gasteiger partial charge in [0.15, 0.2) is 8.32 Å². The molecule has 3 rings (SSSR count). The second-order valence-corrected chi connectivity index (χ2v) is 20.7. The van der Waals surface area contributed by atoms with Crippen LogP contribution in [-0.2, 0) is 14.0 Å². The minimum atomic E-state index is -2.03. The van der Waals surface area contributed by atoms with Crippen LogP contribution in [0.2, 0.25) is 18.1 Å². The molecule has 2 N–H and O–H groups in total. The average Bonchev–Trinajstić information content (AvgIpc) is 3.34. The highest BCUT2D eigenvalue weighted by atomic mass is 32.1. The molecule has 0 radical (unpaired) electrons. The fraction of sp³-hybridized carbons (Fsp3) is 0.667. The number of carbonyl (C=O) groups excluding carboxylic acids is 3. The molecule has 9 nitrogen and oxygen atoms in total. The molecule has 11 heteroatoms. The standard InChI is InChI=1S/C33H54N4O5SSi/c1-23(2)19-26(35-29(38)28-20-24-13-11-12-14-27(24)43-28)30(39)37-17-15-36(16-18-37)21-25(34-31(40)42-32(3,4)5)22-41-44(9,10)33(6,7)8/h11-14,20,23,25-26H,15-19,21-22H2,1-10H3,(H,34,40)(H,35,38)/t25-,26+/m1/s1. The highest BCUT2D eigenvalue weighted by Gasteiger charge is 2.38. The van der Waals surface area contributed by atoms with Crippen LogP contribution in [0.3, 0.4) is 0 Å². The van der Waals surface area contributed by atoms with Gasteiger partial charge in [-0.25, -0.2) is 4.79 Å². The summed E-state index contributed by atoms with van der Waals surface area (Å²) in [5, 5.41) is 7.15. The van der Waals surface area contributed by atoms with Gasteiger partial charge >= 0.3 is 6.09 Å². The van der Waals surface area contributed by atoms with Crippen LogP contribution in [0, 0.1) is 5.92 Å². The number of hydrogen-bond donors (Lipinski definition) is 2. The van der Waals surface area contributed by atoms with Crippen LogP contribution in [-0.4, -0.2) is 93.0 Å². The molecule has 1 aromatic carbocycles. The number of hydrogen-bond acceptors (Lipinski definition) is 7. The van der Waals surface area contributed by atoms with Crippen molar-refractivity contribution in [3.8, 4) is 0 Å². The van der Waals surface area contributed by atoms with E-state index >= 15 is 0 Å². The van der Waals surface area contributed by atoms with Crippen LogP contribution in [0.15, 0.2) is 30.3 Å². The van der Waals surface area contributed by atoms with E-state index in [9.17, 15) is 14.4 Å². The number of benzene rings is 1. The zero-order chi connectivity index (χ0) is 32.9. The van der Waals surface area contributed by atoms with Crippen molar-refractivity contribution in [1.82, 2.24) is 20.4 Å². The van der Waals surface area contributed by atoms with Crippen molar-refractivity contribution in [2.24, 2.45) is 5.92 Å². The first kappa shape index (κ1) is 36.0. The summed E-state index contributed by atoms with van der Waals surface area (Å²) in [6.07, 6.45) is 0.114. The maximum Gasteiger partial charge on any atom is 0.407 e. The molecule has 2 aromatic rings. The molecule has 0 aliphatic carbocycles. The third-order valence-corrected chi connectivity index (χ3v) is 13.9. The molecule has 1 aromatic heterocycles. The monoisotopic (exact) mass is 646 g/mol. The van der Waals surface area contributed by atoms with Crippen molar-refractivity contribution in [2.75, 3.05) is 39.3 Å². The van der Waals surface area contributed by atoms with E-state index in [1.54, 1.807) is 0 Å². The fourth-order valence-electron chi connectivity index (χ4n) is 4.84. The van der Waals surface area contributed by atoms with E-state index in [4.69, 9.17) is 9.16 Å². The predicted molar refractivity (Wildman–Crippen MR) is 182 cm³/mol. The lowest BCUT2D eigenvalue weighted by molar-refractivity contribution is -0.135. The first-order chi connectivity index (χ1) is 20.3. The Hall–Kier alpha value is -2.47. The molecule has 1 fully saturated rings. The molecular formula is C33H54N4O5SSi. The fourth-order valence-corrected chi connectivity index (χ4v) is 6.86. The van der Waals surface area contributed by atoms with Crippen LogP contribution in [0.4, 0.5) is 4.79 Å². The molecule has 246 valence electrons. The van der Waals surface area contributed by atoms with Crippen molar-refractivity contribution < 1.29 is 23.5 Å². The minimum absolute atomic E-state index is 0.0440. The first-order valence-electron chi connectivity index (χ1n) is 15.8. The third kappa shape index (κ3) is 10.6. The molecule has 2 atom stereocenters. The number of carbonyl (C=O) groups is 3. The Bertz CT molecular complexity index is 1240. The van der Waals surface area contributed by atoms with Gasteiger partial charge in [-0.05, 0) is 68.8 Å². The number of nitrogens with zero attached hydrogens (tertiary/aromatic N) is 2. The minimum Gasteiger partial charge on any atom is -0.444 e. The summed E-state index contributed by atoms with van der Waals surface area (Å²) in [6.45, 7) is 24.1. The molecule has 1 aliphatic rings. The van der Waals surface area contributed by atoms with Gasteiger partial charge in [-0.1, -0.05) is 52.8 Å². The third-order valence-electron chi connectivity index (χ3n) is 8.29. The lowest BCUT2D eigenvalue weighted by Crippen LogP contribution is -2.57. The molecule has 44 heavy (non-hydrogen) atoms.